The maximum absolute atomic E-state index is 11.6. The van der Waals surface area contributed by atoms with Crippen LogP contribution in [-0.4, -0.2) is 25.3 Å². The average Bonchev–Trinajstić information content (AvgIpc) is 2.25. The highest BCUT2D eigenvalue weighted by Gasteiger charge is 2.10. The predicted octanol–water partition coefficient (Wildman–Crippen LogP) is 1.01. The first-order chi connectivity index (χ1) is 7.15. The molecule has 80 valence electrons. The summed E-state index contributed by atoms with van der Waals surface area (Å²) in [4.78, 5) is 22.3. The zero-order chi connectivity index (χ0) is 11.3. The molecule has 4 nitrogen and oxygen atoms in total. The smallest absolute Gasteiger partial charge is 0.255 e. The van der Waals surface area contributed by atoms with Crippen molar-refractivity contribution in [3.63, 3.8) is 0 Å². The molecule has 0 saturated carbocycles. The van der Waals surface area contributed by atoms with E-state index < -0.39 is 0 Å². The van der Waals surface area contributed by atoms with E-state index in [1.165, 1.54) is 14.0 Å². The molecule has 0 aromatic heterocycles. The SMILES string of the molecule is COc1ccccc1C(=O)NCC(C)=O. The van der Waals surface area contributed by atoms with Crippen LogP contribution in [0.2, 0.25) is 0 Å². The molecule has 1 N–H and O–H groups in total. The van der Waals surface area contributed by atoms with Gasteiger partial charge in [0.1, 0.15) is 11.5 Å². The molecule has 0 bridgehead atoms. The van der Waals surface area contributed by atoms with Crippen LogP contribution in [0, 0.1) is 0 Å². The van der Waals surface area contributed by atoms with Crippen molar-refractivity contribution in [3.05, 3.63) is 29.8 Å². The van der Waals surface area contributed by atoms with E-state index in [-0.39, 0.29) is 18.2 Å². The first-order valence-electron chi connectivity index (χ1n) is 4.56. The van der Waals surface area contributed by atoms with E-state index in [1.54, 1.807) is 24.3 Å². The number of rotatable bonds is 4. The number of hydrogen-bond acceptors (Lipinski definition) is 3. The lowest BCUT2D eigenvalue weighted by molar-refractivity contribution is -0.116. The molecule has 0 aliphatic carbocycles. The number of ketones is 1. The van der Waals surface area contributed by atoms with Gasteiger partial charge in [-0.2, -0.15) is 0 Å². The summed E-state index contributed by atoms with van der Waals surface area (Å²) in [5.41, 5.74) is 0.432. The van der Waals surface area contributed by atoms with Crippen molar-refractivity contribution in [3.8, 4) is 5.75 Å². The van der Waals surface area contributed by atoms with Gasteiger partial charge in [0.15, 0.2) is 0 Å². The minimum absolute atomic E-state index is 0.0386. The molecule has 1 aromatic rings. The number of carbonyl (C=O) groups is 2. The normalized spacial score (nSPS) is 9.47. The lowest BCUT2D eigenvalue weighted by Gasteiger charge is -2.07. The number of hydrogen-bond donors (Lipinski definition) is 1. The fourth-order valence-corrected chi connectivity index (χ4v) is 1.13. The van der Waals surface area contributed by atoms with E-state index in [9.17, 15) is 9.59 Å². The van der Waals surface area contributed by atoms with E-state index in [0.29, 0.717) is 11.3 Å². The summed E-state index contributed by atoms with van der Waals surface area (Å²) in [6.07, 6.45) is 0. The number of para-hydroxylation sites is 1. The van der Waals surface area contributed by atoms with E-state index >= 15 is 0 Å². The maximum Gasteiger partial charge on any atom is 0.255 e. The van der Waals surface area contributed by atoms with Gasteiger partial charge < -0.3 is 10.1 Å². The summed E-state index contributed by atoms with van der Waals surface area (Å²) in [6, 6.07) is 6.86. The second-order valence-corrected chi connectivity index (χ2v) is 3.08. The standard InChI is InChI=1S/C11H13NO3/c1-8(13)7-12-11(14)9-5-3-4-6-10(9)15-2/h3-6H,7H2,1-2H3,(H,12,14). The number of Topliss-reactive ketones (excluding diaryl/α,β-unsaturated/α-hetero) is 1. The van der Waals surface area contributed by atoms with Crippen molar-refractivity contribution in [1.29, 1.82) is 0 Å². The lowest BCUT2D eigenvalue weighted by atomic mass is 10.2. The van der Waals surface area contributed by atoms with Crippen molar-refractivity contribution < 1.29 is 14.3 Å². The number of benzene rings is 1. The fourth-order valence-electron chi connectivity index (χ4n) is 1.13. The van der Waals surface area contributed by atoms with E-state index in [0.717, 1.165) is 0 Å². The first kappa shape index (κ1) is 11.2. The Morgan fingerprint density at radius 2 is 2.00 bits per heavy atom. The number of amides is 1. The molecule has 1 aromatic carbocycles. The third-order valence-electron chi connectivity index (χ3n) is 1.85. The summed E-state index contributed by atoms with van der Waals surface area (Å²) >= 11 is 0. The van der Waals surface area contributed by atoms with Crippen LogP contribution in [0.3, 0.4) is 0 Å². The maximum atomic E-state index is 11.6. The monoisotopic (exact) mass is 207 g/mol. The Hall–Kier alpha value is -1.84. The van der Waals surface area contributed by atoms with Crippen molar-refractivity contribution in [2.24, 2.45) is 0 Å². The molecule has 1 amide bonds. The van der Waals surface area contributed by atoms with E-state index in [4.69, 9.17) is 4.74 Å². The topological polar surface area (TPSA) is 55.4 Å². The quantitative estimate of drug-likeness (QED) is 0.801. The van der Waals surface area contributed by atoms with Gasteiger partial charge in [-0.25, -0.2) is 0 Å². The summed E-state index contributed by atoms with van der Waals surface area (Å²) < 4.78 is 5.03. The van der Waals surface area contributed by atoms with Crippen LogP contribution in [0.5, 0.6) is 5.75 Å². The highest BCUT2D eigenvalue weighted by atomic mass is 16.5. The van der Waals surface area contributed by atoms with Crippen LogP contribution in [0.15, 0.2) is 24.3 Å². The number of ether oxygens (including phenoxy) is 1. The summed E-state index contributed by atoms with van der Waals surface area (Å²) in [5.74, 6) is 0.111. The third kappa shape index (κ3) is 3.09. The molecule has 0 atom stereocenters. The Morgan fingerprint density at radius 3 is 2.60 bits per heavy atom. The van der Waals surface area contributed by atoms with Crippen molar-refractivity contribution >= 4 is 11.7 Å². The van der Waals surface area contributed by atoms with Crippen molar-refractivity contribution in [1.82, 2.24) is 5.32 Å². The van der Waals surface area contributed by atoms with Gasteiger partial charge >= 0.3 is 0 Å². The molecule has 0 aliphatic heterocycles. The molecule has 0 heterocycles. The average molecular weight is 207 g/mol. The molecular formula is C11H13NO3. The number of carbonyl (C=O) groups excluding carboxylic acids is 2. The van der Waals surface area contributed by atoms with Gasteiger partial charge in [0, 0.05) is 0 Å². The van der Waals surface area contributed by atoms with Gasteiger partial charge in [0.25, 0.3) is 5.91 Å². The zero-order valence-electron chi connectivity index (χ0n) is 8.74. The second kappa shape index (κ2) is 5.14. The molecule has 0 radical (unpaired) electrons. The minimum atomic E-state index is -0.303. The highest BCUT2D eigenvalue weighted by molar-refractivity contribution is 5.98. The highest BCUT2D eigenvalue weighted by Crippen LogP contribution is 2.16. The van der Waals surface area contributed by atoms with Crippen LogP contribution in [-0.2, 0) is 4.79 Å². The largest absolute Gasteiger partial charge is 0.496 e. The summed E-state index contributed by atoms with van der Waals surface area (Å²) in [7, 11) is 1.50. The molecule has 0 fully saturated rings. The summed E-state index contributed by atoms with van der Waals surface area (Å²) in [6.45, 7) is 1.46. The van der Waals surface area contributed by atoms with E-state index in [1.807, 2.05) is 0 Å². The lowest BCUT2D eigenvalue weighted by Crippen LogP contribution is -2.28. The molecule has 0 saturated heterocycles. The third-order valence-corrected chi connectivity index (χ3v) is 1.85. The molecule has 0 aliphatic rings. The van der Waals surface area contributed by atoms with Gasteiger partial charge in [-0.15, -0.1) is 0 Å². The predicted molar refractivity (Wildman–Crippen MR) is 56.0 cm³/mol. The van der Waals surface area contributed by atoms with Crippen LogP contribution in [0.1, 0.15) is 17.3 Å². The molecule has 4 heteroatoms. The Balaban J connectivity index is 2.77. The minimum Gasteiger partial charge on any atom is -0.496 e. The van der Waals surface area contributed by atoms with Crippen LogP contribution in [0.4, 0.5) is 0 Å². The zero-order valence-corrected chi connectivity index (χ0v) is 8.74. The number of methoxy groups -OCH3 is 1. The number of nitrogens with one attached hydrogen (secondary N) is 1. The van der Waals surface area contributed by atoms with Gasteiger partial charge in [-0.05, 0) is 19.1 Å². The van der Waals surface area contributed by atoms with Gasteiger partial charge in [0.05, 0.1) is 19.2 Å². The Bertz CT molecular complexity index is 374. The molecular weight excluding hydrogens is 194 g/mol. The Labute approximate surface area is 88.2 Å². The molecule has 15 heavy (non-hydrogen) atoms. The van der Waals surface area contributed by atoms with Crippen LogP contribution < -0.4 is 10.1 Å². The molecule has 0 unspecified atom stereocenters. The fraction of sp³-hybridized carbons (Fsp3) is 0.273. The molecule has 0 spiro atoms. The van der Waals surface area contributed by atoms with Crippen molar-refractivity contribution in [2.45, 2.75) is 6.92 Å². The Morgan fingerprint density at radius 1 is 1.33 bits per heavy atom. The molecule has 1 rings (SSSR count). The van der Waals surface area contributed by atoms with Crippen LogP contribution >= 0.6 is 0 Å². The Kier molecular flexibility index (Phi) is 3.85. The van der Waals surface area contributed by atoms with Gasteiger partial charge in [0.2, 0.25) is 0 Å². The van der Waals surface area contributed by atoms with Gasteiger partial charge in [-0.1, -0.05) is 12.1 Å². The first-order valence-corrected chi connectivity index (χ1v) is 4.56. The van der Waals surface area contributed by atoms with Gasteiger partial charge in [-0.3, -0.25) is 9.59 Å². The summed E-state index contributed by atoms with van der Waals surface area (Å²) in [5, 5.41) is 2.50. The van der Waals surface area contributed by atoms with E-state index in [2.05, 4.69) is 5.32 Å². The van der Waals surface area contributed by atoms with Crippen molar-refractivity contribution in [2.75, 3.05) is 13.7 Å². The van der Waals surface area contributed by atoms with Crippen LogP contribution in [0.25, 0.3) is 0 Å². The second-order valence-electron chi connectivity index (χ2n) is 3.08.